The second-order valence-corrected chi connectivity index (χ2v) is 3.56. The van der Waals surface area contributed by atoms with Crippen LogP contribution >= 0.6 is 0 Å². The van der Waals surface area contributed by atoms with Crippen LogP contribution in [-0.2, 0) is 4.79 Å². The maximum absolute atomic E-state index is 10.9. The van der Waals surface area contributed by atoms with Gasteiger partial charge < -0.3 is 15.5 Å². The summed E-state index contributed by atoms with van der Waals surface area (Å²) in [5.41, 5.74) is 0. The third kappa shape index (κ3) is 7.11. The Morgan fingerprint density at radius 1 is 1.60 bits per heavy atom. The number of carbonyl (C=O) groups is 1. The first-order valence-electron chi connectivity index (χ1n) is 5.32. The average Bonchev–Trinajstić information content (AvgIpc) is 2.26. The summed E-state index contributed by atoms with van der Waals surface area (Å²) in [6.07, 6.45) is 2.76. The summed E-state index contributed by atoms with van der Waals surface area (Å²) in [5, 5.41) is 20.7. The molecule has 0 saturated carbocycles. The van der Waals surface area contributed by atoms with Crippen LogP contribution in [0.4, 0.5) is 0 Å². The van der Waals surface area contributed by atoms with E-state index < -0.39 is 6.10 Å². The number of aliphatic hydroxyl groups is 2. The standard InChI is InChI=1S/C11H21NO3/c1-3-9(7-10(14)8-13)5-6-12-11(15)4-2/h3,9-10,13-14H,1,4-8H2,2H3,(H,12,15). The number of nitrogens with one attached hydrogen (secondary N) is 1. The number of amides is 1. The van der Waals surface area contributed by atoms with Crippen LogP contribution in [-0.4, -0.2) is 35.4 Å². The lowest BCUT2D eigenvalue weighted by Crippen LogP contribution is -2.26. The van der Waals surface area contributed by atoms with E-state index in [4.69, 9.17) is 5.11 Å². The Hall–Kier alpha value is -0.870. The minimum atomic E-state index is -0.699. The van der Waals surface area contributed by atoms with Gasteiger partial charge in [-0.2, -0.15) is 0 Å². The van der Waals surface area contributed by atoms with Gasteiger partial charge >= 0.3 is 0 Å². The summed E-state index contributed by atoms with van der Waals surface area (Å²) < 4.78 is 0. The average molecular weight is 215 g/mol. The fourth-order valence-corrected chi connectivity index (χ4v) is 1.28. The number of allylic oxidation sites excluding steroid dienone is 1. The van der Waals surface area contributed by atoms with E-state index in [9.17, 15) is 9.90 Å². The molecule has 0 rings (SSSR count). The molecule has 0 heterocycles. The molecule has 0 aromatic heterocycles. The summed E-state index contributed by atoms with van der Waals surface area (Å²) in [6, 6.07) is 0. The van der Waals surface area contributed by atoms with Crippen molar-refractivity contribution in [2.75, 3.05) is 13.2 Å². The molecule has 2 atom stereocenters. The molecule has 0 aliphatic heterocycles. The van der Waals surface area contributed by atoms with Crippen molar-refractivity contribution >= 4 is 5.91 Å². The number of aliphatic hydroxyl groups excluding tert-OH is 2. The van der Waals surface area contributed by atoms with Crippen LogP contribution in [0.2, 0.25) is 0 Å². The molecule has 0 fully saturated rings. The summed E-state index contributed by atoms with van der Waals surface area (Å²) in [4.78, 5) is 10.9. The van der Waals surface area contributed by atoms with E-state index in [2.05, 4.69) is 11.9 Å². The quantitative estimate of drug-likeness (QED) is 0.515. The largest absolute Gasteiger partial charge is 0.394 e. The number of hydrogen-bond acceptors (Lipinski definition) is 3. The monoisotopic (exact) mass is 215 g/mol. The highest BCUT2D eigenvalue weighted by Gasteiger charge is 2.10. The zero-order valence-corrected chi connectivity index (χ0v) is 9.28. The van der Waals surface area contributed by atoms with Crippen LogP contribution in [0, 0.1) is 5.92 Å². The highest BCUT2D eigenvalue weighted by molar-refractivity contribution is 5.75. The molecule has 0 bridgehead atoms. The zero-order valence-electron chi connectivity index (χ0n) is 9.28. The highest BCUT2D eigenvalue weighted by atomic mass is 16.3. The predicted molar refractivity (Wildman–Crippen MR) is 59.3 cm³/mol. The van der Waals surface area contributed by atoms with Crippen LogP contribution in [0.1, 0.15) is 26.2 Å². The molecule has 0 aliphatic rings. The van der Waals surface area contributed by atoms with Crippen LogP contribution < -0.4 is 5.32 Å². The SMILES string of the molecule is C=CC(CCNC(=O)CC)CC(O)CO. The molecule has 0 radical (unpaired) electrons. The topological polar surface area (TPSA) is 69.6 Å². The van der Waals surface area contributed by atoms with E-state index in [1.807, 2.05) is 0 Å². The normalized spacial score (nSPS) is 14.3. The number of hydrogen-bond donors (Lipinski definition) is 3. The van der Waals surface area contributed by atoms with E-state index in [0.29, 0.717) is 19.4 Å². The molecule has 2 unspecified atom stereocenters. The third-order valence-electron chi connectivity index (χ3n) is 2.28. The minimum absolute atomic E-state index is 0.0283. The van der Waals surface area contributed by atoms with Crippen molar-refractivity contribution in [1.29, 1.82) is 0 Å². The fraction of sp³-hybridized carbons (Fsp3) is 0.727. The van der Waals surface area contributed by atoms with Crippen molar-refractivity contribution in [2.24, 2.45) is 5.92 Å². The van der Waals surface area contributed by atoms with Crippen molar-refractivity contribution in [3.05, 3.63) is 12.7 Å². The molecule has 3 N–H and O–H groups in total. The maximum Gasteiger partial charge on any atom is 0.219 e. The molecule has 1 amide bonds. The van der Waals surface area contributed by atoms with Gasteiger partial charge in [-0.25, -0.2) is 0 Å². The van der Waals surface area contributed by atoms with Crippen LogP contribution in [0.3, 0.4) is 0 Å². The molecule has 0 aromatic carbocycles. The molecule has 15 heavy (non-hydrogen) atoms. The molecule has 0 spiro atoms. The summed E-state index contributed by atoms with van der Waals surface area (Å²) in [6.45, 7) is 5.82. The van der Waals surface area contributed by atoms with E-state index in [0.717, 1.165) is 6.42 Å². The second-order valence-electron chi connectivity index (χ2n) is 3.56. The van der Waals surface area contributed by atoms with Crippen molar-refractivity contribution < 1.29 is 15.0 Å². The predicted octanol–water partition coefficient (Wildman–Crippen LogP) is 0.448. The Balaban J connectivity index is 3.70. The van der Waals surface area contributed by atoms with Crippen molar-refractivity contribution in [3.63, 3.8) is 0 Å². The van der Waals surface area contributed by atoms with Crippen molar-refractivity contribution in [3.8, 4) is 0 Å². The van der Waals surface area contributed by atoms with Crippen LogP contribution in [0.15, 0.2) is 12.7 Å². The molecule has 0 aliphatic carbocycles. The van der Waals surface area contributed by atoms with Gasteiger partial charge in [0.1, 0.15) is 0 Å². The van der Waals surface area contributed by atoms with Crippen molar-refractivity contribution in [2.45, 2.75) is 32.3 Å². The van der Waals surface area contributed by atoms with E-state index >= 15 is 0 Å². The van der Waals surface area contributed by atoms with Crippen LogP contribution in [0.5, 0.6) is 0 Å². The Morgan fingerprint density at radius 2 is 2.27 bits per heavy atom. The first-order chi connectivity index (χ1) is 7.13. The lowest BCUT2D eigenvalue weighted by atomic mass is 9.98. The molecule has 4 heteroatoms. The van der Waals surface area contributed by atoms with Gasteiger partial charge in [0.25, 0.3) is 0 Å². The van der Waals surface area contributed by atoms with Gasteiger partial charge in [-0.3, -0.25) is 4.79 Å². The Morgan fingerprint density at radius 3 is 2.73 bits per heavy atom. The van der Waals surface area contributed by atoms with Crippen molar-refractivity contribution in [1.82, 2.24) is 5.32 Å². The Bertz CT molecular complexity index is 194. The van der Waals surface area contributed by atoms with Gasteiger partial charge in [0.2, 0.25) is 5.91 Å². The zero-order chi connectivity index (χ0) is 11.7. The van der Waals surface area contributed by atoms with Gasteiger partial charge in [0, 0.05) is 13.0 Å². The smallest absolute Gasteiger partial charge is 0.219 e. The minimum Gasteiger partial charge on any atom is -0.394 e. The van der Waals surface area contributed by atoms with Gasteiger partial charge in [0.05, 0.1) is 12.7 Å². The van der Waals surface area contributed by atoms with E-state index in [1.165, 1.54) is 0 Å². The summed E-state index contributed by atoms with van der Waals surface area (Å²) in [5.74, 6) is 0.157. The lowest BCUT2D eigenvalue weighted by Gasteiger charge is -2.15. The van der Waals surface area contributed by atoms with E-state index in [-0.39, 0.29) is 18.4 Å². The van der Waals surface area contributed by atoms with Crippen LogP contribution in [0.25, 0.3) is 0 Å². The van der Waals surface area contributed by atoms with E-state index in [1.54, 1.807) is 13.0 Å². The summed E-state index contributed by atoms with van der Waals surface area (Å²) >= 11 is 0. The Kier molecular flexibility index (Phi) is 7.95. The second kappa shape index (κ2) is 8.44. The molecular formula is C11H21NO3. The molecule has 0 aromatic rings. The third-order valence-corrected chi connectivity index (χ3v) is 2.28. The first-order valence-corrected chi connectivity index (χ1v) is 5.32. The van der Waals surface area contributed by atoms with Gasteiger partial charge in [-0.05, 0) is 18.8 Å². The maximum atomic E-state index is 10.9. The molecule has 4 nitrogen and oxygen atoms in total. The summed E-state index contributed by atoms with van der Waals surface area (Å²) in [7, 11) is 0. The highest BCUT2D eigenvalue weighted by Crippen LogP contribution is 2.11. The number of rotatable bonds is 8. The van der Waals surface area contributed by atoms with Gasteiger partial charge in [-0.1, -0.05) is 13.0 Å². The molecule has 88 valence electrons. The fourth-order valence-electron chi connectivity index (χ4n) is 1.28. The Labute approximate surface area is 91.0 Å². The molecule has 0 saturated heterocycles. The lowest BCUT2D eigenvalue weighted by molar-refractivity contribution is -0.120. The number of carbonyl (C=O) groups excluding carboxylic acids is 1. The first kappa shape index (κ1) is 14.1. The van der Waals surface area contributed by atoms with Gasteiger partial charge in [0.15, 0.2) is 0 Å². The van der Waals surface area contributed by atoms with Gasteiger partial charge in [-0.15, -0.1) is 6.58 Å². The molecular weight excluding hydrogens is 194 g/mol.